The Kier molecular flexibility index (Phi) is 9.94. The van der Waals surface area contributed by atoms with Gasteiger partial charge in [-0.25, -0.2) is 22.9 Å². The number of pyridine rings is 1. The van der Waals surface area contributed by atoms with Gasteiger partial charge in [0.2, 0.25) is 5.88 Å². The molecule has 0 atom stereocenters. The van der Waals surface area contributed by atoms with Gasteiger partial charge in [-0.15, -0.1) is 0 Å². The van der Waals surface area contributed by atoms with Gasteiger partial charge in [-0.1, -0.05) is 44.2 Å². The zero-order valence-corrected chi connectivity index (χ0v) is 21.9. The normalized spacial score (nSPS) is 11.0. The molecule has 2 amide bonds. The molecular formula is C27H29N3O7S. The van der Waals surface area contributed by atoms with Gasteiger partial charge in [0.1, 0.15) is 6.10 Å². The summed E-state index contributed by atoms with van der Waals surface area (Å²) in [5, 5.41) is 2.79. The van der Waals surface area contributed by atoms with Crippen molar-refractivity contribution >= 4 is 28.0 Å². The number of carbonyl (C=O) groups is 3. The van der Waals surface area contributed by atoms with Gasteiger partial charge in [0, 0.05) is 24.4 Å². The van der Waals surface area contributed by atoms with Crippen LogP contribution >= 0.6 is 0 Å². The molecule has 0 saturated heterocycles. The number of hydrogen-bond acceptors (Lipinski definition) is 8. The standard InChI is InChI=1S/C27H29N3O7S/c1-3-22(4-2)36-27(33)37-24-14-13-21(18-29-24)26(32)30-38(34,35)23-12-8-9-19(17-23)15-16-28-25(31)20-10-6-5-7-11-20/h5-14,17-18,22H,3-4,15-16H2,1-2H3,(H,28,31)(H,30,32). The van der Waals surface area contributed by atoms with Crippen LogP contribution in [0.4, 0.5) is 4.79 Å². The lowest BCUT2D eigenvalue weighted by Crippen LogP contribution is -2.30. The fourth-order valence-corrected chi connectivity index (χ4v) is 4.44. The number of carbonyl (C=O) groups excluding carboxylic acids is 3. The Morgan fingerprint density at radius 2 is 1.63 bits per heavy atom. The molecule has 11 heteroatoms. The molecule has 0 aliphatic rings. The summed E-state index contributed by atoms with van der Waals surface area (Å²) in [5.74, 6) is -1.22. The van der Waals surface area contributed by atoms with E-state index in [9.17, 15) is 22.8 Å². The number of ether oxygens (including phenoxy) is 2. The Hall–Kier alpha value is -4.25. The lowest BCUT2D eigenvalue weighted by atomic mass is 10.1. The highest BCUT2D eigenvalue weighted by Crippen LogP contribution is 2.14. The molecule has 0 aliphatic carbocycles. The second-order valence-corrected chi connectivity index (χ2v) is 9.93. The molecule has 2 N–H and O–H groups in total. The Balaban J connectivity index is 1.56. The van der Waals surface area contributed by atoms with Gasteiger partial charge in [-0.2, -0.15) is 0 Å². The average molecular weight is 540 g/mol. The highest BCUT2D eigenvalue weighted by atomic mass is 32.2. The van der Waals surface area contributed by atoms with E-state index in [1.807, 2.05) is 24.6 Å². The summed E-state index contributed by atoms with van der Waals surface area (Å²) < 4.78 is 37.7. The predicted molar refractivity (Wildman–Crippen MR) is 139 cm³/mol. The molecule has 38 heavy (non-hydrogen) atoms. The monoisotopic (exact) mass is 539 g/mol. The van der Waals surface area contributed by atoms with Crippen molar-refractivity contribution in [2.75, 3.05) is 6.54 Å². The average Bonchev–Trinajstić information content (AvgIpc) is 2.92. The maximum atomic E-state index is 12.8. The summed E-state index contributed by atoms with van der Waals surface area (Å²) in [4.78, 5) is 40.3. The molecule has 0 fully saturated rings. The molecule has 0 radical (unpaired) electrons. The summed E-state index contributed by atoms with van der Waals surface area (Å²) in [6.45, 7) is 4.06. The van der Waals surface area contributed by atoms with Crippen LogP contribution in [0.2, 0.25) is 0 Å². The minimum atomic E-state index is -4.18. The fraction of sp³-hybridized carbons (Fsp3) is 0.259. The lowest BCUT2D eigenvalue weighted by molar-refractivity contribution is 0.0538. The van der Waals surface area contributed by atoms with Crippen LogP contribution in [0.1, 0.15) is 53.0 Å². The zero-order chi connectivity index (χ0) is 27.5. The maximum absolute atomic E-state index is 12.8. The molecule has 3 rings (SSSR count). The van der Waals surface area contributed by atoms with E-state index < -0.39 is 22.1 Å². The molecule has 1 aromatic heterocycles. The topological polar surface area (TPSA) is 141 Å². The first-order chi connectivity index (χ1) is 18.2. The number of hydrogen-bond donors (Lipinski definition) is 2. The minimum absolute atomic E-state index is 0.0472. The molecule has 0 aliphatic heterocycles. The third kappa shape index (κ3) is 8.13. The van der Waals surface area contributed by atoms with E-state index >= 15 is 0 Å². The first-order valence-corrected chi connectivity index (χ1v) is 13.5. The van der Waals surface area contributed by atoms with Crippen molar-refractivity contribution in [1.82, 2.24) is 15.0 Å². The van der Waals surface area contributed by atoms with Crippen LogP contribution in [0.3, 0.4) is 0 Å². The van der Waals surface area contributed by atoms with Crippen molar-refractivity contribution < 1.29 is 32.3 Å². The third-order valence-electron chi connectivity index (χ3n) is 5.53. The number of nitrogens with zero attached hydrogens (tertiary/aromatic N) is 1. The van der Waals surface area contributed by atoms with Crippen molar-refractivity contribution in [2.24, 2.45) is 0 Å². The van der Waals surface area contributed by atoms with Gasteiger partial charge >= 0.3 is 6.16 Å². The first-order valence-electron chi connectivity index (χ1n) is 12.1. The van der Waals surface area contributed by atoms with Crippen LogP contribution in [-0.2, 0) is 21.2 Å². The van der Waals surface area contributed by atoms with Crippen LogP contribution in [0.25, 0.3) is 0 Å². The Morgan fingerprint density at radius 1 is 0.895 bits per heavy atom. The van der Waals surface area contributed by atoms with Gasteiger partial charge in [0.15, 0.2) is 0 Å². The van der Waals surface area contributed by atoms with E-state index in [-0.39, 0.29) is 28.4 Å². The minimum Gasteiger partial charge on any atom is -0.431 e. The molecule has 1 heterocycles. The molecule has 0 unspecified atom stereocenters. The van der Waals surface area contributed by atoms with Crippen molar-refractivity contribution in [3.8, 4) is 5.88 Å². The van der Waals surface area contributed by atoms with Gasteiger partial charge in [-0.05, 0) is 55.2 Å². The van der Waals surface area contributed by atoms with Crippen molar-refractivity contribution in [3.05, 3.63) is 89.6 Å². The van der Waals surface area contributed by atoms with E-state index in [0.29, 0.717) is 36.9 Å². The summed E-state index contributed by atoms with van der Waals surface area (Å²) in [5.41, 5.74) is 1.15. The summed E-state index contributed by atoms with van der Waals surface area (Å²) in [6.07, 6.45) is 1.58. The maximum Gasteiger partial charge on any atom is 0.515 e. The van der Waals surface area contributed by atoms with E-state index in [0.717, 1.165) is 6.20 Å². The molecule has 0 bridgehead atoms. The van der Waals surface area contributed by atoms with Crippen LogP contribution in [-0.4, -0.2) is 44.0 Å². The van der Waals surface area contributed by atoms with Gasteiger partial charge in [0.25, 0.3) is 21.8 Å². The summed E-state index contributed by atoms with van der Waals surface area (Å²) >= 11 is 0. The number of nitrogens with one attached hydrogen (secondary N) is 2. The quantitative estimate of drug-likeness (QED) is 0.350. The third-order valence-corrected chi connectivity index (χ3v) is 6.86. The number of aromatic nitrogens is 1. The molecule has 3 aromatic rings. The molecule has 2 aromatic carbocycles. The van der Waals surface area contributed by atoms with E-state index in [1.165, 1.54) is 24.3 Å². The first kappa shape index (κ1) is 28.3. The fourth-order valence-electron chi connectivity index (χ4n) is 3.40. The largest absolute Gasteiger partial charge is 0.515 e. The van der Waals surface area contributed by atoms with Crippen molar-refractivity contribution in [2.45, 2.75) is 44.1 Å². The number of rotatable bonds is 11. The Morgan fingerprint density at radius 3 is 2.29 bits per heavy atom. The second-order valence-electron chi connectivity index (χ2n) is 8.25. The van der Waals surface area contributed by atoms with Crippen molar-refractivity contribution in [1.29, 1.82) is 0 Å². The van der Waals surface area contributed by atoms with Crippen LogP contribution < -0.4 is 14.8 Å². The second kappa shape index (κ2) is 13.3. The van der Waals surface area contributed by atoms with Crippen molar-refractivity contribution in [3.63, 3.8) is 0 Å². The molecule has 200 valence electrons. The van der Waals surface area contributed by atoms with Gasteiger partial charge in [0.05, 0.1) is 10.5 Å². The van der Waals surface area contributed by atoms with Crippen LogP contribution in [0.15, 0.2) is 77.8 Å². The van der Waals surface area contributed by atoms with Crippen LogP contribution in [0, 0.1) is 0 Å². The molecule has 10 nitrogen and oxygen atoms in total. The molecule has 0 spiro atoms. The zero-order valence-electron chi connectivity index (χ0n) is 21.0. The molecular weight excluding hydrogens is 510 g/mol. The SMILES string of the molecule is CCC(CC)OC(=O)Oc1ccc(C(=O)NS(=O)(=O)c2cccc(CCNC(=O)c3ccccc3)c2)cn1. The highest BCUT2D eigenvalue weighted by molar-refractivity contribution is 7.90. The van der Waals surface area contributed by atoms with E-state index in [2.05, 4.69) is 10.3 Å². The smallest absolute Gasteiger partial charge is 0.431 e. The van der Waals surface area contributed by atoms with Crippen LogP contribution in [0.5, 0.6) is 5.88 Å². The number of amides is 2. The molecule has 0 saturated carbocycles. The Labute approximate surface area is 221 Å². The van der Waals surface area contributed by atoms with E-state index in [1.54, 1.807) is 36.4 Å². The van der Waals surface area contributed by atoms with Gasteiger partial charge in [-0.3, -0.25) is 9.59 Å². The summed E-state index contributed by atoms with van der Waals surface area (Å²) in [7, 11) is -4.18. The Bertz CT molecular complexity index is 1360. The lowest BCUT2D eigenvalue weighted by Gasteiger charge is -2.13. The number of benzene rings is 2. The van der Waals surface area contributed by atoms with E-state index in [4.69, 9.17) is 9.47 Å². The predicted octanol–water partition coefficient (Wildman–Crippen LogP) is 3.88. The van der Waals surface area contributed by atoms with Gasteiger partial charge < -0.3 is 14.8 Å². The summed E-state index contributed by atoms with van der Waals surface area (Å²) in [6, 6.07) is 17.4. The highest BCUT2D eigenvalue weighted by Gasteiger charge is 2.20. The number of sulfonamides is 1.